The Morgan fingerprint density at radius 1 is 1.06 bits per heavy atom. The van der Waals surface area contributed by atoms with Crippen molar-refractivity contribution in [2.75, 3.05) is 17.3 Å². The quantitative estimate of drug-likeness (QED) is 0.901. The van der Waals surface area contributed by atoms with Crippen molar-refractivity contribution >= 4 is 27.3 Å². The van der Waals surface area contributed by atoms with E-state index in [1.807, 2.05) is 7.05 Å². The molecule has 18 heavy (non-hydrogen) atoms. The van der Waals surface area contributed by atoms with Gasteiger partial charge in [-0.15, -0.1) is 0 Å². The highest BCUT2D eigenvalue weighted by atomic mass is 79.9. The van der Waals surface area contributed by atoms with Crippen LogP contribution in [0.25, 0.3) is 0 Å². The van der Waals surface area contributed by atoms with Gasteiger partial charge in [0.2, 0.25) is 0 Å². The van der Waals surface area contributed by atoms with Crippen molar-refractivity contribution in [3.63, 3.8) is 0 Å². The van der Waals surface area contributed by atoms with Crippen molar-refractivity contribution < 1.29 is 0 Å². The molecule has 2 aromatic carbocycles. The van der Waals surface area contributed by atoms with E-state index in [1.165, 1.54) is 22.5 Å². The molecule has 2 aromatic rings. The number of para-hydroxylation sites is 1. The molecule has 1 aliphatic rings. The number of hydrogen-bond acceptors (Lipinski definition) is 2. The summed E-state index contributed by atoms with van der Waals surface area (Å²) < 4.78 is 1.16. The van der Waals surface area contributed by atoms with Crippen LogP contribution in [0.5, 0.6) is 0 Å². The van der Waals surface area contributed by atoms with Gasteiger partial charge in [0.25, 0.3) is 0 Å². The fourth-order valence-electron chi connectivity index (χ4n) is 2.43. The number of nitrogens with zero attached hydrogens (tertiary/aromatic N) is 1. The third kappa shape index (κ3) is 1.99. The number of halogens is 1. The molecule has 0 fully saturated rings. The van der Waals surface area contributed by atoms with Gasteiger partial charge in [-0.3, -0.25) is 0 Å². The lowest BCUT2D eigenvalue weighted by Crippen LogP contribution is -2.14. The maximum absolute atomic E-state index is 3.63. The van der Waals surface area contributed by atoms with Crippen molar-refractivity contribution in [2.45, 2.75) is 13.1 Å². The topological polar surface area (TPSA) is 15.3 Å². The van der Waals surface area contributed by atoms with Crippen LogP contribution in [0.4, 0.5) is 11.4 Å². The molecule has 0 spiro atoms. The molecule has 2 nitrogen and oxygen atoms in total. The highest BCUT2D eigenvalue weighted by Gasteiger charge is 2.20. The van der Waals surface area contributed by atoms with Gasteiger partial charge in [0.1, 0.15) is 0 Å². The van der Waals surface area contributed by atoms with E-state index in [-0.39, 0.29) is 0 Å². The van der Waals surface area contributed by atoms with Crippen LogP contribution in [0.3, 0.4) is 0 Å². The predicted molar refractivity (Wildman–Crippen MR) is 80.0 cm³/mol. The largest absolute Gasteiger partial charge is 0.388 e. The van der Waals surface area contributed by atoms with E-state index in [9.17, 15) is 0 Å². The molecule has 1 aliphatic heterocycles. The molecular weight excluding hydrogens is 288 g/mol. The Morgan fingerprint density at radius 2 is 1.83 bits per heavy atom. The average Bonchev–Trinajstić information content (AvgIpc) is 2.81. The second kappa shape index (κ2) is 4.65. The van der Waals surface area contributed by atoms with E-state index >= 15 is 0 Å². The first-order valence-electron chi connectivity index (χ1n) is 6.07. The van der Waals surface area contributed by atoms with Crippen molar-refractivity contribution in [3.05, 3.63) is 58.1 Å². The van der Waals surface area contributed by atoms with Crippen LogP contribution in [-0.4, -0.2) is 7.05 Å². The Balaban J connectivity index is 1.91. The second-order valence-electron chi connectivity index (χ2n) is 4.54. The molecule has 0 unspecified atom stereocenters. The number of rotatable bonds is 2. The molecular formula is C15H15BrN2. The van der Waals surface area contributed by atoms with E-state index < -0.39 is 0 Å². The molecule has 0 saturated heterocycles. The minimum absolute atomic E-state index is 0.980. The first kappa shape index (κ1) is 11.6. The van der Waals surface area contributed by atoms with Crippen LogP contribution < -0.4 is 10.2 Å². The lowest BCUT2D eigenvalue weighted by molar-refractivity contribution is 0.877. The average molecular weight is 303 g/mol. The summed E-state index contributed by atoms with van der Waals surface area (Å²) in [5, 5.41) is 3.19. The van der Waals surface area contributed by atoms with Crippen molar-refractivity contribution in [2.24, 2.45) is 0 Å². The van der Waals surface area contributed by atoms with Crippen LogP contribution in [0, 0.1) is 0 Å². The van der Waals surface area contributed by atoms with Crippen LogP contribution >= 0.6 is 15.9 Å². The SMILES string of the molecule is CNc1ccc2c(c1)CN(c1ccccc1Br)C2. The zero-order valence-electron chi connectivity index (χ0n) is 10.3. The van der Waals surface area contributed by atoms with Crippen LogP contribution in [0.1, 0.15) is 11.1 Å². The zero-order valence-corrected chi connectivity index (χ0v) is 11.9. The molecule has 0 saturated carbocycles. The lowest BCUT2D eigenvalue weighted by Gasteiger charge is -2.19. The summed E-state index contributed by atoms with van der Waals surface area (Å²) in [6.45, 7) is 1.97. The molecule has 0 aliphatic carbocycles. The molecule has 0 atom stereocenters. The third-order valence-corrected chi connectivity index (χ3v) is 4.08. The first-order valence-corrected chi connectivity index (χ1v) is 6.86. The van der Waals surface area contributed by atoms with E-state index in [2.05, 4.69) is 68.6 Å². The molecule has 3 rings (SSSR count). The molecule has 3 heteroatoms. The molecule has 0 bridgehead atoms. The summed E-state index contributed by atoms with van der Waals surface area (Å²) in [6, 6.07) is 15.0. The summed E-state index contributed by atoms with van der Waals surface area (Å²) in [4.78, 5) is 2.40. The van der Waals surface area contributed by atoms with Crippen molar-refractivity contribution in [1.29, 1.82) is 0 Å². The molecule has 0 aromatic heterocycles. The normalized spacial score (nSPS) is 13.6. The van der Waals surface area contributed by atoms with Crippen molar-refractivity contribution in [1.82, 2.24) is 0 Å². The van der Waals surface area contributed by atoms with E-state index in [4.69, 9.17) is 0 Å². The minimum atomic E-state index is 0.980. The van der Waals surface area contributed by atoms with Gasteiger partial charge in [0.05, 0.1) is 5.69 Å². The first-order chi connectivity index (χ1) is 8.78. The Kier molecular flexibility index (Phi) is 3.00. The smallest absolute Gasteiger partial charge is 0.0516 e. The number of anilines is 2. The number of benzene rings is 2. The standard InChI is InChI=1S/C15H15BrN2/c1-17-13-7-6-11-9-18(10-12(11)8-13)15-5-3-2-4-14(15)16/h2-8,17H,9-10H2,1H3. The summed E-state index contributed by atoms with van der Waals surface area (Å²) in [5.41, 5.74) is 5.28. The zero-order chi connectivity index (χ0) is 12.5. The molecule has 92 valence electrons. The van der Waals surface area contributed by atoms with Crippen LogP contribution in [-0.2, 0) is 13.1 Å². The fourth-order valence-corrected chi connectivity index (χ4v) is 2.96. The van der Waals surface area contributed by atoms with Gasteiger partial charge in [0.15, 0.2) is 0 Å². The maximum atomic E-state index is 3.63. The monoisotopic (exact) mass is 302 g/mol. The molecule has 1 N–H and O–H groups in total. The van der Waals surface area contributed by atoms with Gasteiger partial charge in [-0.05, 0) is 51.3 Å². The third-order valence-electron chi connectivity index (χ3n) is 3.41. The van der Waals surface area contributed by atoms with Crippen LogP contribution in [0.15, 0.2) is 46.9 Å². The number of nitrogens with one attached hydrogen (secondary N) is 1. The maximum Gasteiger partial charge on any atom is 0.0516 e. The van der Waals surface area contributed by atoms with Gasteiger partial charge in [-0.2, -0.15) is 0 Å². The van der Waals surface area contributed by atoms with E-state index in [1.54, 1.807) is 0 Å². The number of hydrogen-bond donors (Lipinski definition) is 1. The lowest BCUT2D eigenvalue weighted by atomic mass is 10.1. The van der Waals surface area contributed by atoms with Crippen LogP contribution in [0.2, 0.25) is 0 Å². The van der Waals surface area contributed by atoms with Gasteiger partial charge in [0, 0.05) is 30.3 Å². The highest BCUT2D eigenvalue weighted by molar-refractivity contribution is 9.10. The highest BCUT2D eigenvalue weighted by Crippen LogP contribution is 2.33. The molecule has 1 heterocycles. The van der Waals surface area contributed by atoms with E-state index in [0.717, 1.165) is 17.6 Å². The summed E-state index contributed by atoms with van der Waals surface area (Å²) >= 11 is 3.63. The number of fused-ring (bicyclic) bond motifs is 1. The van der Waals surface area contributed by atoms with Gasteiger partial charge in [-0.1, -0.05) is 18.2 Å². The Labute approximate surface area is 116 Å². The second-order valence-corrected chi connectivity index (χ2v) is 5.40. The Bertz CT molecular complexity index is 580. The van der Waals surface area contributed by atoms with E-state index in [0.29, 0.717) is 0 Å². The summed E-state index contributed by atoms with van der Waals surface area (Å²) in [5.74, 6) is 0. The molecule has 0 radical (unpaired) electrons. The van der Waals surface area contributed by atoms with Gasteiger partial charge >= 0.3 is 0 Å². The Morgan fingerprint density at radius 3 is 2.61 bits per heavy atom. The fraction of sp³-hybridized carbons (Fsp3) is 0.200. The Hall–Kier alpha value is -1.48. The summed E-state index contributed by atoms with van der Waals surface area (Å²) in [7, 11) is 1.96. The van der Waals surface area contributed by atoms with Gasteiger partial charge in [-0.25, -0.2) is 0 Å². The molecule has 0 amide bonds. The summed E-state index contributed by atoms with van der Waals surface area (Å²) in [6.07, 6.45) is 0. The minimum Gasteiger partial charge on any atom is -0.388 e. The predicted octanol–water partition coefficient (Wildman–Crippen LogP) is 4.01. The van der Waals surface area contributed by atoms with Gasteiger partial charge < -0.3 is 10.2 Å². The van der Waals surface area contributed by atoms with Crippen molar-refractivity contribution in [3.8, 4) is 0 Å².